The molecule has 1 radical (unpaired) electrons. The fourth-order valence-electron chi connectivity index (χ4n) is 1.40. The third kappa shape index (κ3) is 2.93. The molecule has 0 aromatic heterocycles. The van der Waals surface area contributed by atoms with Crippen molar-refractivity contribution < 1.29 is 19.1 Å². The fraction of sp³-hybridized carbons (Fsp3) is 0.667. The molecular formula is C9H13N2O4. The van der Waals surface area contributed by atoms with Crippen molar-refractivity contribution in [1.82, 2.24) is 10.2 Å². The number of hydrogen-bond acceptors (Lipinski definition) is 4. The minimum Gasteiger partial charge on any atom is -0.466 e. The highest BCUT2D eigenvalue weighted by Gasteiger charge is 2.31. The molecule has 0 aromatic carbocycles. The van der Waals surface area contributed by atoms with Gasteiger partial charge in [-0.2, -0.15) is 0 Å². The summed E-state index contributed by atoms with van der Waals surface area (Å²) < 4.78 is 4.71. The van der Waals surface area contributed by atoms with Crippen LogP contribution in [0, 0.1) is 0 Å². The summed E-state index contributed by atoms with van der Waals surface area (Å²) in [7, 11) is 0. The number of esters is 1. The predicted octanol–water partition coefficient (Wildman–Crippen LogP) is -1.19. The minimum absolute atomic E-state index is 0.116. The van der Waals surface area contributed by atoms with E-state index in [1.807, 2.05) is 0 Å². The summed E-state index contributed by atoms with van der Waals surface area (Å²) in [5.41, 5.74) is 0. The van der Waals surface area contributed by atoms with Crippen molar-refractivity contribution >= 4 is 18.3 Å². The normalized spacial score (nSPS) is 20.7. The maximum Gasteiger partial charge on any atom is 0.312 e. The summed E-state index contributed by atoms with van der Waals surface area (Å²) in [6, 6.07) is -0.782. The second-order valence-corrected chi connectivity index (χ2v) is 3.10. The Bertz CT molecular complexity index is 267. The maximum absolute atomic E-state index is 11.4. The molecule has 0 saturated carbocycles. The summed E-state index contributed by atoms with van der Waals surface area (Å²) >= 11 is 0. The number of ether oxygens (including phenoxy) is 1. The Labute approximate surface area is 87.6 Å². The van der Waals surface area contributed by atoms with E-state index in [0.29, 0.717) is 13.1 Å². The van der Waals surface area contributed by atoms with Crippen LogP contribution >= 0.6 is 0 Å². The average molecular weight is 213 g/mol. The molecule has 1 fully saturated rings. The SMILES string of the molecule is CCOC(=O)CC1C(=O)NCCN1[C]=O. The standard InChI is InChI=1S/C9H13N2O4/c1-2-15-8(13)5-7-9(14)10-3-4-11(7)6-12/h7H,2-5H2,1H3,(H,10,14). The van der Waals surface area contributed by atoms with E-state index in [-0.39, 0.29) is 18.9 Å². The van der Waals surface area contributed by atoms with Gasteiger partial charge in [-0.3, -0.25) is 14.4 Å². The van der Waals surface area contributed by atoms with Crippen molar-refractivity contribution in [3.63, 3.8) is 0 Å². The monoisotopic (exact) mass is 213 g/mol. The molecule has 1 aliphatic rings. The van der Waals surface area contributed by atoms with Gasteiger partial charge in [-0.1, -0.05) is 0 Å². The zero-order valence-electron chi connectivity index (χ0n) is 8.49. The van der Waals surface area contributed by atoms with E-state index in [4.69, 9.17) is 4.74 Å². The average Bonchev–Trinajstić information content (AvgIpc) is 2.21. The van der Waals surface area contributed by atoms with Gasteiger partial charge in [0.1, 0.15) is 6.04 Å². The first-order valence-corrected chi connectivity index (χ1v) is 4.76. The van der Waals surface area contributed by atoms with Gasteiger partial charge < -0.3 is 15.0 Å². The highest BCUT2D eigenvalue weighted by Crippen LogP contribution is 2.07. The molecule has 0 aliphatic carbocycles. The van der Waals surface area contributed by atoms with Crippen LogP contribution in [0.15, 0.2) is 0 Å². The van der Waals surface area contributed by atoms with Crippen LogP contribution in [-0.4, -0.2) is 48.9 Å². The van der Waals surface area contributed by atoms with Crippen LogP contribution in [0.4, 0.5) is 0 Å². The van der Waals surface area contributed by atoms with Gasteiger partial charge in [0.25, 0.3) is 0 Å². The van der Waals surface area contributed by atoms with E-state index in [1.54, 1.807) is 13.3 Å². The van der Waals surface area contributed by atoms with Crippen molar-refractivity contribution in [2.45, 2.75) is 19.4 Å². The van der Waals surface area contributed by atoms with Crippen LogP contribution in [-0.2, 0) is 19.1 Å². The minimum atomic E-state index is -0.782. The van der Waals surface area contributed by atoms with E-state index in [1.165, 1.54) is 4.90 Å². The van der Waals surface area contributed by atoms with E-state index in [2.05, 4.69) is 5.32 Å². The van der Waals surface area contributed by atoms with Gasteiger partial charge >= 0.3 is 12.4 Å². The predicted molar refractivity (Wildman–Crippen MR) is 50.4 cm³/mol. The Morgan fingerprint density at radius 3 is 3.07 bits per heavy atom. The zero-order chi connectivity index (χ0) is 11.3. The fourth-order valence-corrected chi connectivity index (χ4v) is 1.40. The summed E-state index contributed by atoms with van der Waals surface area (Å²) in [5.74, 6) is -0.822. The molecule has 0 aromatic rings. The van der Waals surface area contributed by atoms with Crippen molar-refractivity contribution in [2.75, 3.05) is 19.7 Å². The molecule has 1 N–H and O–H groups in total. The van der Waals surface area contributed by atoms with Crippen molar-refractivity contribution in [2.24, 2.45) is 0 Å². The lowest BCUT2D eigenvalue weighted by Gasteiger charge is -2.30. The highest BCUT2D eigenvalue weighted by atomic mass is 16.5. The first-order chi connectivity index (χ1) is 7.19. The molecule has 0 spiro atoms. The molecule has 15 heavy (non-hydrogen) atoms. The smallest absolute Gasteiger partial charge is 0.312 e. The van der Waals surface area contributed by atoms with Gasteiger partial charge in [0.05, 0.1) is 13.0 Å². The lowest BCUT2D eigenvalue weighted by atomic mass is 10.1. The molecule has 6 heteroatoms. The Hall–Kier alpha value is -1.59. The first-order valence-electron chi connectivity index (χ1n) is 4.76. The molecule has 1 saturated heterocycles. The lowest BCUT2D eigenvalue weighted by molar-refractivity contribution is -0.147. The van der Waals surface area contributed by atoms with Gasteiger partial charge in [-0.15, -0.1) is 0 Å². The number of hydrogen-bond donors (Lipinski definition) is 1. The summed E-state index contributed by atoms with van der Waals surface area (Å²) in [6.07, 6.45) is 1.53. The number of rotatable bonds is 4. The molecule has 1 unspecified atom stereocenters. The Kier molecular flexibility index (Phi) is 4.08. The van der Waals surface area contributed by atoms with Gasteiger partial charge in [0, 0.05) is 13.1 Å². The number of carbonyl (C=O) groups excluding carboxylic acids is 3. The van der Waals surface area contributed by atoms with Gasteiger partial charge in [-0.05, 0) is 6.92 Å². The number of nitrogens with one attached hydrogen (secondary N) is 1. The van der Waals surface area contributed by atoms with E-state index >= 15 is 0 Å². The number of piperazine rings is 1. The largest absolute Gasteiger partial charge is 0.466 e. The van der Waals surface area contributed by atoms with Crippen molar-refractivity contribution in [1.29, 1.82) is 0 Å². The quantitative estimate of drug-likeness (QED) is 0.596. The van der Waals surface area contributed by atoms with Crippen LogP contribution < -0.4 is 5.32 Å². The Morgan fingerprint density at radius 1 is 1.73 bits per heavy atom. The van der Waals surface area contributed by atoms with Crippen LogP contribution in [0.1, 0.15) is 13.3 Å². The van der Waals surface area contributed by atoms with Gasteiger partial charge in [-0.25, -0.2) is 0 Å². The van der Waals surface area contributed by atoms with Gasteiger partial charge in [0.2, 0.25) is 5.91 Å². The number of nitrogens with zero attached hydrogens (tertiary/aromatic N) is 1. The van der Waals surface area contributed by atoms with Gasteiger partial charge in [0.15, 0.2) is 0 Å². The summed E-state index contributed by atoms with van der Waals surface area (Å²) in [4.78, 5) is 34.2. The molecule has 1 aliphatic heterocycles. The summed E-state index contributed by atoms with van der Waals surface area (Å²) in [6.45, 7) is 2.72. The second-order valence-electron chi connectivity index (χ2n) is 3.10. The van der Waals surface area contributed by atoms with Crippen LogP contribution in [0.25, 0.3) is 0 Å². The third-order valence-corrected chi connectivity index (χ3v) is 2.11. The van der Waals surface area contributed by atoms with Crippen LogP contribution in [0.2, 0.25) is 0 Å². The van der Waals surface area contributed by atoms with Crippen LogP contribution in [0.5, 0.6) is 0 Å². The first kappa shape index (κ1) is 11.5. The van der Waals surface area contributed by atoms with E-state index in [0.717, 1.165) is 0 Å². The van der Waals surface area contributed by atoms with Crippen molar-refractivity contribution in [3.8, 4) is 0 Å². The summed E-state index contributed by atoms with van der Waals surface area (Å²) in [5, 5.41) is 2.58. The molecule has 2 amide bonds. The second kappa shape index (κ2) is 5.33. The molecule has 1 heterocycles. The lowest BCUT2D eigenvalue weighted by Crippen LogP contribution is -2.55. The van der Waals surface area contributed by atoms with E-state index < -0.39 is 12.0 Å². The number of carbonyl (C=O) groups is 2. The zero-order valence-corrected chi connectivity index (χ0v) is 8.49. The number of amides is 2. The molecule has 1 atom stereocenters. The molecule has 83 valence electrons. The highest BCUT2D eigenvalue weighted by molar-refractivity contribution is 5.88. The Balaban J connectivity index is 2.58. The Morgan fingerprint density at radius 2 is 2.47 bits per heavy atom. The maximum atomic E-state index is 11.4. The molecule has 0 bridgehead atoms. The third-order valence-electron chi connectivity index (χ3n) is 2.11. The molecular weight excluding hydrogens is 200 g/mol. The molecule has 6 nitrogen and oxygen atoms in total. The van der Waals surface area contributed by atoms with Crippen molar-refractivity contribution in [3.05, 3.63) is 0 Å². The van der Waals surface area contributed by atoms with Crippen LogP contribution in [0.3, 0.4) is 0 Å². The molecule has 1 rings (SSSR count). The topological polar surface area (TPSA) is 75.7 Å². The van der Waals surface area contributed by atoms with E-state index in [9.17, 15) is 14.4 Å².